The molecule has 2 atom stereocenters. The van der Waals surface area contributed by atoms with Gasteiger partial charge in [0.25, 0.3) is 0 Å². The van der Waals surface area contributed by atoms with E-state index in [-0.39, 0.29) is 12.2 Å². The molecule has 2 nitrogen and oxygen atoms in total. The Bertz CT molecular complexity index is 599. The smallest absolute Gasteiger partial charge is 0.118 e. The molecule has 102 valence electrons. The van der Waals surface area contributed by atoms with Gasteiger partial charge in [-0.1, -0.05) is 48.5 Å². The Labute approximate surface area is 119 Å². The van der Waals surface area contributed by atoms with Crippen LogP contribution >= 0.6 is 0 Å². The molecule has 0 unspecified atom stereocenters. The summed E-state index contributed by atoms with van der Waals surface area (Å²) in [5, 5.41) is 0. The Balaban J connectivity index is 1.70. The van der Waals surface area contributed by atoms with E-state index in [2.05, 4.69) is 37.3 Å². The lowest BCUT2D eigenvalue weighted by atomic mass is 10.0. The molecule has 1 heterocycles. The van der Waals surface area contributed by atoms with Crippen molar-refractivity contribution in [1.29, 1.82) is 0 Å². The Hall–Kier alpha value is -2.06. The van der Waals surface area contributed by atoms with E-state index in [0.717, 1.165) is 5.75 Å². The van der Waals surface area contributed by atoms with E-state index in [0.29, 0.717) is 0 Å². The molecule has 2 heteroatoms. The van der Waals surface area contributed by atoms with Crippen LogP contribution in [0.5, 0.6) is 5.75 Å². The third-order valence-corrected chi connectivity index (χ3v) is 3.58. The van der Waals surface area contributed by atoms with E-state index in [1.807, 2.05) is 30.3 Å². The minimum atomic E-state index is 0.181. The number of epoxide rings is 1. The van der Waals surface area contributed by atoms with Crippen molar-refractivity contribution in [3.8, 4) is 5.75 Å². The molecule has 0 aromatic heterocycles. The highest BCUT2D eigenvalue weighted by Crippen LogP contribution is 2.43. The van der Waals surface area contributed by atoms with Crippen molar-refractivity contribution in [2.45, 2.75) is 19.1 Å². The highest BCUT2D eigenvalue weighted by atomic mass is 16.6. The molecule has 1 aliphatic rings. The van der Waals surface area contributed by atoms with Crippen LogP contribution in [-0.2, 0) is 4.74 Å². The minimum Gasteiger partial charge on any atom is -0.497 e. The molecule has 2 aromatic rings. The largest absolute Gasteiger partial charge is 0.497 e. The van der Waals surface area contributed by atoms with Gasteiger partial charge in [-0.15, -0.1) is 0 Å². The number of hydrogen-bond donors (Lipinski definition) is 0. The highest BCUT2D eigenvalue weighted by Gasteiger charge is 2.41. The second kappa shape index (κ2) is 5.51. The zero-order valence-corrected chi connectivity index (χ0v) is 11.7. The minimum absolute atomic E-state index is 0.181. The fourth-order valence-corrected chi connectivity index (χ4v) is 2.40. The zero-order chi connectivity index (χ0) is 13.9. The molecule has 0 radical (unpaired) electrons. The summed E-state index contributed by atoms with van der Waals surface area (Å²) in [5.74, 6) is 0.877. The van der Waals surface area contributed by atoms with Crippen LogP contribution in [0.3, 0.4) is 0 Å². The van der Waals surface area contributed by atoms with Crippen molar-refractivity contribution < 1.29 is 9.47 Å². The first-order valence-corrected chi connectivity index (χ1v) is 6.80. The van der Waals surface area contributed by atoms with Gasteiger partial charge in [0.1, 0.15) is 18.0 Å². The van der Waals surface area contributed by atoms with Gasteiger partial charge in [-0.25, -0.2) is 0 Å². The van der Waals surface area contributed by atoms with Gasteiger partial charge in [0.2, 0.25) is 0 Å². The molecule has 0 bridgehead atoms. The average Bonchev–Trinajstić information content (AvgIpc) is 3.29. The SMILES string of the molecule is COc1ccc([C@H]2O[C@@H]2/C(C)=C/c2ccccc2)cc1. The Morgan fingerprint density at radius 3 is 2.40 bits per heavy atom. The average molecular weight is 266 g/mol. The van der Waals surface area contributed by atoms with Crippen LogP contribution in [-0.4, -0.2) is 13.2 Å². The standard InChI is InChI=1S/C18H18O2/c1-13(12-14-6-4-3-5-7-14)17-18(20-17)15-8-10-16(19-2)11-9-15/h3-12,17-18H,1-2H3/b13-12+/t17-,18-/m1/s1. The van der Waals surface area contributed by atoms with E-state index in [1.54, 1.807) is 7.11 Å². The maximum Gasteiger partial charge on any atom is 0.118 e. The molecule has 0 aliphatic carbocycles. The lowest BCUT2D eigenvalue weighted by Crippen LogP contribution is -1.91. The predicted molar refractivity (Wildman–Crippen MR) is 80.7 cm³/mol. The lowest BCUT2D eigenvalue weighted by molar-refractivity contribution is 0.388. The Morgan fingerprint density at radius 2 is 1.75 bits per heavy atom. The van der Waals surface area contributed by atoms with Crippen LogP contribution in [0.25, 0.3) is 6.08 Å². The van der Waals surface area contributed by atoms with Crippen LogP contribution < -0.4 is 4.74 Å². The Morgan fingerprint density at radius 1 is 1.05 bits per heavy atom. The molecule has 1 saturated heterocycles. The summed E-state index contributed by atoms with van der Waals surface area (Å²) in [5.41, 5.74) is 3.68. The summed E-state index contributed by atoms with van der Waals surface area (Å²) in [7, 11) is 1.68. The lowest BCUT2D eigenvalue weighted by Gasteiger charge is -2.01. The predicted octanol–water partition coefficient (Wildman–Crippen LogP) is 4.24. The van der Waals surface area contributed by atoms with Crippen molar-refractivity contribution in [2.24, 2.45) is 0 Å². The fourth-order valence-electron chi connectivity index (χ4n) is 2.40. The first-order chi connectivity index (χ1) is 9.78. The highest BCUT2D eigenvalue weighted by molar-refractivity contribution is 5.54. The van der Waals surface area contributed by atoms with Gasteiger partial charge < -0.3 is 9.47 Å². The normalized spacial score (nSPS) is 21.6. The van der Waals surface area contributed by atoms with E-state index in [4.69, 9.17) is 9.47 Å². The molecule has 2 aromatic carbocycles. The summed E-state index contributed by atoms with van der Waals surface area (Å²) >= 11 is 0. The molecule has 20 heavy (non-hydrogen) atoms. The first kappa shape index (κ1) is 12.9. The van der Waals surface area contributed by atoms with Gasteiger partial charge in [-0.3, -0.25) is 0 Å². The van der Waals surface area contributed by atoms with Crippen molar-refractivity contribution in [3.63, 3.8) is 0 Å². The van der Waals surface area contributed by atoms with Crippen LogP contribution in [0.1, 0.15) is 24.2 Å². The molecule has 3 rings (SSSR count). The summed E-state index contributed by atoms with van der Waals surface area (Å²) < 4.78 is 11.0. The van der Waals surface area contributed by atoms with Crippen LogP contribution in [0, 0.1) is 0 Å². The van der Waals surface area contributed by atoms with Crippen LogP contribution in [0.4, 0.5) is 0 Å². The third-order valence-electron chi connectivity index (χ3n) is 3.58. The van der Waals surface area contributed by atoms with Crippen LogP contribution in [0.15, 0.2) is 60.2 Å². The maximum absolute atomic E-state index is 5.80. The summed E-state index contributed by atoms with van der Waals surface area (Å²) in [6.45, 7) is 2.13. The number of methoxy groups -OCH3 is 1. The van der Waals surface area contributed by atoms with Crippen molar-refractivity contribution in [3.05, 3.63) is 71.3 Å². The number of hydrogen-bond acceptors (Lipinski definition) is 2. The molecule has 0 saturated carbocycles. The van der Waals surface area contributed by atoms with Gasteiger partial charge in [0.05, 0.1) is 7.11 Å². The summed E-state index contributed by atoms with van der Waals surface area (Å²) in [6.07, 6.45) is 2.57. The molecule has 0 N–H and O–H groups in total. The van der Waals surface area contributed by atoms with Gasteiger partial charge >= 0.3 is 0 Å². The molecule has 1 aliphatic heterocycles. The van der Waals surface area contributed by atoms with E-state index in [9.17, 15) is 0 Å². The number of ether oxygens (including phenoxy) is 2. The molecular weight excluding hydrogens is 248 g/mol. The summed E-state index contributed by atoms with van der Waals surface area (Å²) in [6, 6.07) is 18.4. The van der Waals surface area contributed by atoms with Crippen molar-refractivity contribution in [1.82, 2.24) is 0 Å². The number of benzene rings is 2. The monoisotopic (exact) mass is 266 g/mol. The first-order valence-electron chi connectivity index (χ1n) is 6.80. The van der Waals surface area contributed by atoms with E-state index < -0.39 is 0 Å². The fraction of sp³-hybridized carbons (Fsp3) is 0.222. The Kier molecular flexibility index (Phi) is 3.57. The van der Waals surface area contributed by atoms with Gasteiger partial charge in [0.15, 0.2) is 0 Å². The second-order valence-corrected chi connectivity index (χ2v) is 5.05. The molecular formula is C18H18O2. The molecule has 0 spiro atoms. The molecule has 1 fully saturated rings. The van der Waals surface area contributed by atoms with Gasteiger partial charge in [-0.05, 0) is 35.8 Å². The quantitative estimate of drug-likeness (QED) is 0.772. The number of rotatable bonds is 4. The van der Waals surface area contributed by atoms with E-state index >= 15 is 0 Å². The summed E-state index contributed by atoms with van der Waals surface area (Å²) in [4.78, 5) is 0. The van der Waals surface area contributed by atoms with Crippen LogP contribution in [0.2, 0.25) is 0 Å². The van der Waals surface area contributed by atoms with Gasteiger partial charge in [-0.2, -0.15) is 0 Å². The van der Waals surface area contributed by atoms with Crippen molar-refractivity contribution in [2.75, 3.05) is 7.11 Å². The maximum atomic E-state index is 5.80. The second-order valence-electron chi connectivity index (χ2n) is 5.05. The molecule has 0 amide bonds. The van der Waals surface area contributed by atoms with Gasteiger partial charge in [0, 0.05) is 0 Å². The zero-order valence-electron chi connectivity index (χ0n) is 11.7. The topological polar surface area (TPSA) is 21.8 Å². The third kappa shape index (κ3) is 2.75. The van der Waals surface area contributed by atoms with Crippen molar-refractivity contribution >= 4 is 6.08 Å². The van der Waals surface area contributed by atoms with E-state index in [1.165, 1.54) is 16.7 Å².